The van der Waals surface area contributed by atoms with Crippen molar-refractivity contribution in [2.24, 2.45) is 5.84 Å². The molecule has 0 spiro atoms. The molecular weight excluding hydrogens is 234 g/mol. The average molecular weight is 255 g/mol. The highest BCUT2D eigenvalue weighted by molar-refractivity contribution is 5.35. The van der Waals surface area contributed by atoms with Crippen molar-refractivity contribution in [2.45, 2.75) is 33.2 Å². The van der Waals surface area contributed by atoms with Crippen LogP contribution in [0.3, 0.4) is 0 Å². The van der Waals surface area contributed by atoms with E-state index in [1.165, 1.54) is 22.3 Å². The van der Waals surface area contributed by atoms with Gasteiger partial charge in [0.15, 0.2) is 0 Å². The normalized spacial score (nSPS) is 12.4. The number of nitrogens with two attached hydrogens (primary N) is 1. The average Bonchev–Trinajstić information content (AvgIpc) is 2.38. The fraction of sp³-hybridized carbons (Fsp3) is 0.312. The topological polar surface area (TPSA) is 50.9 Å². The van der Waals surface area contributed by atoms with Crippen molar-refractivity contribution < 1.29 is 0 Å². The molecule has 0 saturated carbocycles. The van der Waals surface area contributed by atoms with Crippen LogP contribution in [0.2, 0.25) is 0 Å². The second kappa shape index (κ2) is 5.95. The number of aromatic nitrogens is 1. The molecule has 1 aromatic carbocycles. The SMILES string of the molecule is Cc1cc(C(Cc2c(C)cccc2C)NN)ccn1. The summed E-state index contributed by atoms with van der Waals surface area (Å²) < 4.78 is 0. The lowest BCUT2D eigenvalue weighted by Crippen LogP contribution is -2.30. The molecule has 0 bridgehead atoms. The largest absolute Gasteiger partial charge is 0.271 e. The van der Waals surface area contributed by atoms with Crippen molar-refractivity contribution in [3.05, 3.63) is 64.5 Å². The minimum atomic E-state index is 0.112. The van der Waals surface area contributed by atoms with Gasteiger partial charge in [-0.2, -0.15) is 0 Å². The van der Waals surface area contributed by atoms with E-state index in [1.807, 2.05) is 19.2 Å². The van der Waals surface area contributed by atoms with E-state index in [0.29, 0.717) is 0 Å². The minimum Gasteiger partial charge on any atom is -0.271 e. The monoisotopic (exact) mass is 255 g/mol. The molecular formula is C16H21N3. The Balaban J connectivity index is 2.29. The Morgan fingerprint density at radius 2 is 1.84 bits per heavy atom. The third-order valence-corrected chi connectivity index (χ3v) is 3.58. The highest BCUT2D eigenvalue weighted by atomic mass is 15.2. The number of hydrazine groups is 1. The third kappa shape index (κ3) is 3.19. The van der Waals surface area contributed by atoms with Gasteiger partial charge in [0.25, 0.3) is 0 Å². The van der Waals surface area contributed by atoms with Gasteiger partial charge in [0.1, 0.15) is 0 Å². The Morgan fingerprint density at radius 1 is 1.16 bits per heavy atom. The lowest BCUT2D eigenvalue weighted by atomic mass is 9.93. The highest BCUT2D eigenvalue weighted by Crippen LogP contribution is 2.22. The van der Waals surface area contributed by atoms with Gasteiger partial charge in [-0.3, -0.25) is 16.3 Å². The van der Waals surface area contributed by atoms with Crippen LogP contribution < -0.4 is 11.3 Å². The van der Waals surface area contributed by atoms with Gasteiger partial charge < -0.3 is 0 Å². The Labute approximate surface area is 114 Å². The first-order chi connectivity index (χ1) is 9.11. The Bertz CT molecular complexity index is 543. The standard InChI is InChI=1S/C16H21N3/c1-11-5-4-6-12(2)15(11)10-16(19-17)14-7-8-18-13(3)9-14/h4-9,16,19H,10,17H2,1-3H3. The summed E-state index contributed by atoms with van der Waals surface area (Å²) in [6.45, 7) is 6.29. The second-order valence-electron chi connectivity index (χ2n) is 5.02. The van der Waals surface area contributed by atoms with Crippen LogP contribution in [-0.2, 0) is 6.42 Å². The van der Waals surface area contributed by atoms with Gasteiger partial charge in [-0.15, -0.1) is 0 Å². The minimum absolute atomic E-state index is 0.112. The summed E-state index contributed by atoms with van der Waals surface area (Å²) in [5, 5.41) is 0. The molecule has 0 amide bonds. The van der Waals surface area contributed by atoms with Crippen molar-refractivity contribution in [1.29, 1.82) is 0 Å². The number of nitrogens with zero attached hydrogens (tertiary/aromatic N) is 1. The summed E-state index contributed by atoms with van der Waals surface area (Å²) in [6, 6.07) is 10.6. The van der Waals surface area contributed by atoms with Gasteiger partial charge in [-0.25, -0.2) is 0 Å². The predicted octanol–water partition coefficient (Wildman–Crippen LogP) is 2.75. The molecule has 2 aromatic rings. The zero-order valence-electron chi connectivity index (χ0n) is 11.8. The van der Waals surface area contributed by atoms with Crippen LogP contribution in [0.4, 0.5) is 0 Å². The quantitative estimate of drug-likeness (QED) is 0.652. The van der Waals surface area contributed by atoms with Crippen molar-refractivity contribution in [3.8, 4) is 0 Å². The van der Waals surface area contributed by atoms with Crippen molar-refractivity contribution in [1.82, 2.24) is 10.4 Å². The molecule has 2 rings (SSSR count). The predicted molar refractivity (Wildman–Crippen MR) is 78.7 cm³/mol. The van der Waals surface area contributed by atoms with Crippen LogP contribution in [0, 0.1) is 20.8 Å². The maximum Gasteiger partial charge on any atom is 0.0501 e. The Kier molecular flexibility index (Phi) is 4.30. The van der Waals surface area contributed by atoms with Gasteiger partial charge in [0, 0.05) is 11.9 Å². The first kappa shape index (κ1) is 13.7. The summed E-state index contributed by atoms with van der Waals surface area (Å²) in [4.78, 5) is 4.23. The molecule has 0 aliphatic rings. The number of nitrogens with one attached hydrogen (secondary N) is 1. The van der Waals surface area contributed by atoms with E-state index >= 15 is 0 Å². The fourth-order valence-corrected chi connectivity index (χ4v) is 2.43. The maximum absolute atomic E-state index is 5.73. The molecule has 3 nitrogen and oxygen atoms in total. The Morgan fingerprint density at radius 3 is 2.42 bits per heavy atom. The van der Waals surface area contributed by atoms with Crippen LogP contribution in [0.15, 0.2) is 36.5 Å². The van der Waals surface area contributed by atoms with Gasteiger partial charge in [0.2, 0.25) is 0 Å². The molecule has 1 aromatic heterocycles. The van der Waals surface area contributed by atoms with Crippen molar-refractivity contribution >= 4 is 0 Å². The van der Waals surface area contributed by atoms with Crippen LogP contribution in [-0.4, -0.2) is 4.98 Å². The molecule has 1 heterocycles. The van der Waals surface area contributed by atoms with Crippen molar-refractivity contribution in [2.75, 3.05) is 0 Å². The van der Waals surface area contributed by atoms with Gasteiger partial charge >= 0.3 is 0 Å². The molecule has 1 atom stereocenters. The van der Waals surface area contributed by atoms with E-state index in [9.17, 15) is 0 Å². The summed E-state index contributed by atoms with van der Waals surface area (Å²) in [6.07, 6.45) is 2.72. The summed E-state index contributed by atoms with van der Waals surface area (Å²) in [5.41, 5.74) is 9.10. The molecule has 0 saturated heterocycles. The number of benzene rings is 1. The number of aryl methyl sites for hydroxylation is 3. The first-order valence-electron chi connectivity index (χ1n) is 6.55. The van der Waals surface area contributed by atoms with Crippen molar-refractivity contribution in [3.63, 3.8) is 0 Å². The maximum atomic E-state index is 5.73. The summed E-state index contributed by atoms with van der Waals surface area (Å²) in [5.74, 6) is 5.73. The number of hydrogen-bond donors (Lipinski definition) is 2. The molecule has 100 valence electrons. The van der Waals surface area contributed by atoms with E-state index in [4.69, 9.17) is 5.84 Å². The van der Waals surface area contributed by atoms with Gasteiger partial charge in [-0.1, -0.05) is 18.2 Å². The third-order valence-electron chi connectivity index (χ3n) is 3.58. The molecule has 1 unspecified atom stereocenters. The van der Waals surface area contributed by atoms with Crippen LogP contribution in [0.25, 0.3) is 0 Å². The van der Waals surface area contributed by atoms with E-state index in [1.54, 1.807) is 0 Å². The summed E-state index contributed by atoms with van der Waals surface area (Å²) >= 11 is 0. The van der Waals surface area contributed by atoms with Crippen LogP contribution in [0.5, 0.6) is 0 Å². The molecule has 0 radical (unpaired) electrons. The lowest BCUT2D eigenvalue weighted by molar-refractivity contribution is 0.548. The van der Waals surface area contributed by atoms with Gasteiger partial charge in [-0.05, 0) is 61.6 Å². The molecule has 0 fully saturated rings. The fourth-order valence-electron chi connectivity index (χ4n) is 2.43. The van der Waals surface area contributed by atoms with Crippen LogP contribution in [0.1, 0.15) is 34.0 Å². The summed E-state index contributed by atoms with van der Waals surface area (Å²) in [7, 11) is 0. The Hall–Kier alpha value is -1.71. The van der Waals surface area contributed by atoms with E-state index in [-0.39, 0.29) is 6.04 Å². The first-order valence-corrected chi connectivity index (χ1v) is 6.55. The molecule has 0 aliphatic carbocycles. The zero-order valence-corrected chi connectivity index (χ0v) is 11.8. The van der Waals surface area contributed by atoms with Crippen LogP contribution >= 0.6 is 0 Å². The molecule has 3 N–H and O–H groups in total. The highest BCUT2D eigenvalue weighted by Gasteiger charge is 2.13. The smallest absolute Gasteiger partial charge is 0.0501 e. The van der Waals surface area contributed by atoms with E-state index in [0.717, 1.165) is 12.1 Å². The van der Waals surface area contributed by atoms with E-state index in [2.05, 4.69) is 48.5 Å². The van der Waals surface area contributed by atoms with E-state index < -0.39 is 0 Å². The second-order valence-corrected chi connectivity index (χ2v) is 5.02. The number of hydrogen-bond acceptors (Lipinski definition) is 3. The molecule has 0 aliphatic heterocycles. The van der Waals surface area contributed by atoms with Gasteiger partial charge in [0.05, 0.1) is 6.04 Å². The number of pyridine rings is 1. The number of rotatable bonds is 4. The lowest BCUT2D eigenvalue weighted by Gasteiger charge is -2.19. The zero-order chi connectivity index (χ0) is 13.8. The molecule has 19 heavy (non-hydrogen) atoms. The molecule has 3 heteroatoms.